The van der Waals surface area contributed by atoms with Crippen LogP contribution < -0.4 is 4.74 Å². The molecule has 92 valence electrons. The highest BCUT2D eigenvalue weighted by molar-refractivity contribution is 6.30. The predicted molar refractivity (Wildman–Crippen MR) is 63.9 cm³/mol. The minimum Gasteiger partial charge on any atom is -0.483 e. The number of benzene rings is 1. The number of carbonyl (C=O) groups excluding carboxylic acids is 1. The van der Waals surface area contributed by atoms with Crippen LogP contribution in [-0.2, 0) is 4.79 Å². The molecule has 0 saturated heterocycles. The Bertz CT molecular complexity index is 414. The molecular formula is C13H14ClFO2. The van der Waals surface area contributed by atoms with Crippen LogP contribution in [0.25, 0.3) is 0 Å². The minimum absolute atomic E-state index is 0.0100. The second-order valence-electron chi connectivity index (χ2n) is 4.29. The van der Waals surface area contributed by atoms with Gasteiger partial charge in [-0.3, -0.25) is 4.79 Å². The van der Waals surface area contributed by atoms with Gasteiger partial charge in [0.05, 0.1) is 5.02 Å². The van der Waals surface area contributed by atoms with Crippen molar-refractivity contribution in [3.8, 4) is 5.75 Å². The van der Waals surface area contributed by atoms with Gasteiger partial charge >= 0.3 is 0 Å². The monoisotopic (exact) mass is 256 g/mol. The van der Waals surface area contributed by atoms with Crippen LogP contribution >= 0.6 is 11.6 Å². The Kier molecular flexibility index (Phi) is 4.00. The summed E-state index contributed by atoms with van der Waals surface area (Å²) in [6.45, 7) is -0.0675. The Hall–Kier alpha value is -1.09. The molecule has 0 unspecified atom stereocenters. The second kappa shape index (κ2) is 5.50. The number of ketones is 1. The van der Waals surface area contributed by atoms with Gasteiger partial charge in [0.15, 0.2) is 17.3 Å². The molecule has 4 heteroatoms. The van der Waals surface area contributed by atoms with E-state index in [-0.39, 0.29) is 29.1 Å². The summed E-state index contributed by atoms with van der Waals surface area (Å²) in [6.07, 6.45) is 4.06. The van der Waals surface area contributed by atoms with Crippen molar-refractivity contribution in [2.75, 3.05) is 6.61 Å². The summed E-state index contributed by atoms with van der Waals surface area (Å²) in [7, 11) is 0. The first-order chi connectivity index (χ1) is 8.18. The summed E-state index contributed by atoms with van der Waals surface area (Å²) in [4.78, 5) is 11.7. The number of carbonyl (C=O) groups is 1. The predicted octanol–water partition coefficient (Wildman–Crippen LogP) is 3.62. The Morgan fingerprint density at radius 3 is 2.82 bits per heavy atom. The molecule has 1 aliphatic rings. The normalized spacial score (nSPS) is 16.1. The fraction of sp³-hybridized carbons (Fsp3) is 0.462. The molecular weight excluding hydrogens is 243 g/mol. The third kappa shape index (κ3) is 2.97. The third-order valence-corrected chi connectivity index (χ3v) is 3.39. The van der Waals surface area contributed by atoms with Gasteiger partial charge in [0.1, 0.15) is 6.61 Å². The highest BCUT2D eigenvalue weighted by Crippen LogP contribution is 2.27. The number of rotatable bonds is 4. The molecule has 0 N–H and O–H groups in total. The van der Waals surface area contributed by atoms with Crippen LogP contribution in [0.3, 0.4) is 0 Å². The summed E-state index contributed by atoms with van der Waals surface area (Å²) >= 11 is 5.62. The molecule has 0 atom stereocenters. The topological polar surface area (TPSA) is 26.3 Å². The maximum Gasteiger partial charge on any atom is 0.183 e. The highest BCUT2D eigenvalue weighted by Gasteiger charge is 2.23. The standard InChI is InChI=1S/C13H14ClFO2/c14-10-6-3-7-12(13(10)15)17-8-11(16)9-4-1-2-5-9/h3,6-7,9H,1-2,4-5,8H2. The van der Waals surface area contributed by atoms with Gasteiger partial charge < -0.3 is 4.74 Å². The molecule has 0 amide bonds. The van der Waals surface area contributed by atoms with E-state index in [0.717, 1.165) is 25.7 Å². The molecule has 0 aromatic heterocycles. The van der Waals surface area contributed by atoms with Crippen LogP contribution in [0, 0.1) is 11.7 Å². The first-order valence-electron chi connectivity index (χ1n) is 5.78. The molecule has 1 fully saturated rings. The molecule has 0 radical (unpaired) electrons. The summed E-state index contributed by atoms with van der Waals surface area (Å²) in [5.74, 6) is -0.406. The molecule has 1 saturated carbocycles. The van der Waals surface area contributed by atoms with E-state index in [1.807, 2.05) is 0 Å². The maximum atomic E-state index is 13.5. The van der Waals surface area contributed by atoms with Crippen molar-refractivity contribution in [1.29, 1.82) is 0 Å². The molecule has 1 aliphatic carbocycles. The lowest BCUT2D eigenvalue weighted by Crippen LogP contribution is -2.19. The van der Waals surface area contributed by atoms with Crippen LogP contribution in [0.15, 0.2) is 18.2 Å². The lowest BCUT2D eigenvalue weighted by molar-refractivity contribution is -0.124. The molecule has 0 aliphatic heterocycles. The van der Waals surface area contributed by atoms with Crippen LogP contribution in [0.2, 0.25) is 5.02 Å². The van der Waals surface area contributed by atoms with Gasteiger partial charge in [0, 0.05) is 5.92 Å². The SMILES string of the molecule is O=C(COc1cccc(Cl)c1F)C1CCCC1. The lowest BCUT2D eigenvalue weighted by atomic mass is 10.0. The van der Waals surface area contributed by atoms with Gasteiger partial charge in [-0.15, -0.1) is 0 Å². The van der Waals surface area contributed by atoms with Crippen molar-refractivity contribution >= 4 is 17.4 Å². The van der Waals surface area contributed by atoms with Crippen molar-refractivity contribution in [3.63, 3.8) is 0 Å². The Balaban J connectivity index is 1.93. The van der Waals surface area contributed by atoms with Gasteiger partial charge in [-0.05, 0) is 25.0 Å². The van der Waals surface area contributed by atoms with E-state index in [1.54, 1.807) is 6.07 Å². The molecule has 0 spiro atoms. The van der Waals surface area contributed by atoms with E-state index in [9.17, 15) is 9.18 Å². The second-order valence-corrected chi connectivity index (χ2v) is 4.70. The Morgan fingerprint density at radius 1 is 1.41 bits per heavy atom. The van der Waals surface area contributed by atoms with E-state index in [2.05, 4.69) is 0 Å². The van der Waals surface area contributed by atoms with Crippen molar-refractivity contribution in [2.45, 2.75) is 25.7 Å². The lowest BCUT2D eigenvalue weighted by Gasteiger charge is -2.10. The van der Waals surface area contributed by atoms with E-state index in [4.69, 9.17) is 16.3 Å². The van der Waals surface area contributed by atoms with Crippen LogP contribution in [0.5, 0.6) is 5.75 Å². The first-order valence-corrected chi connectivity index (χ1v) is 6.16. The summed E-state index contributed by atoms with van der Waals surface area (Å²) in [5.41, 5.74) is 0. The summed E-state index contributed by atoms with van der Waals surface area (Å²) in [6, 6.07) is 4.52. The largest absolute Gasteiger partial charge is 0.483 e. The van der Waals surface area contributed by atoms with E-state index < -0.39 is 5.82 Å². The number of hydrogen-bond acceptors (Lipinski definition) is 2. The number of halogens is 2. The fourth-order valence-electron chi connectivity index (χ4n) is 2.11. The highest BCUT2D eigenvalue weighted by atomic mass is 35.5. The molecule has 17 heavy (non-hydrogen) atoms. The zero-order valence-electron chi connectivity index (χ0n) is 9.42. The number of ether oxygens (including phenoxy) is 1. The summed E-state index contributed by atoms with van der Waals surface area (Å²) < 4.78 is 18.6. The average molecular weight is 257 g/mol. The Labute approximate surface area is 105 Å². The molecule has 2 nitrogen and oxygen atoms in total. The zero-order chi connectivity index (χ0) is 12.3. The van der Waals surface area contributed by atoms with Crippen molar-refractivity contribution in [2.24, 2.45) is 5.92 Å². The van der Waals surface area contributed by atoms with Crippen molar-refractivity contribution < 1.29 is 13.9 Å². The number of Topliss-reactive ketones (excluding diaryl/α,β-unsaturated/α-hetero) is 1. The molecule has 2 rings (SSSR count). The average Bonchev–Trinajstić information content (AvgIpc) is 2.84. The summed E-state index contributed by atoms with van der Waals surface area (Å²) in [5, 5.41) is 0.0100. The Morgan fingerprint density at radius 2 is 2.12 bits per heavy atom. The molecule has 1 aromatic rings. The zero-order valence-corrected chi connectivity index (χ0v) is 10.2. The maximum absolute atomic E-state index is 13.5. The van der Waals surface area contributed by atoms with Gasteiger partial charge in [-0.1, -0.05) is 30.5 Å². The first kappa shape index (κ1) is 12.4. The van der Waals surface area contributed by atoms with Gasteiger partial charge in [-0.2, -0.15) is 0 Å². The van der Waals surface area contributed by atoms with E-state index in [0.29, 0.717) is 0 Å². The molecule has 1 aromatic carbocycles. The molecule has 0 bridgehead atoms. The quantitative estimate of drug-likeness (QED) is 0.823. The van der Waals surface area contributed by atoms with Crippen molar-refractivity contribution in [3.05, 3.63) is 29.0 Å². The molecule has 0 heterocycles. The van der Waals surface area contributed by atoms with Gasteiger partial charge in [-0.25, -0.2) is 4.39 Å². The van der Waals surface area contributed by atoms with Crippen LogP contribution in [0.4, 0.5) is 4.39 Å². The smallest absolute Gasteiger partial charge is 0.183 e. The van der Waals surface area contributed by atoms with Gasteiger partial charge in [0.25, 0.3) is 0 Å². The third-order valence-electron chi connectivity index (χ3n) is 3.10. The minimum atomic E-state index is -0.603. The van der Waals surface area contributed by atoms with E-state index >= 15 is 0 Å². The fourth-order valence-corrected chi connectivity index (χ4v) is 2.28. The van der Waals surface area contributed by atoms with Crippen molar-refractivity contribution in [1.82, 2.24) is 0 Å². The van der Waals surface area contributed by atoms with Gasteiger partial charge in [0.2, 0.25) is 0 Å². The van der Waals surface area contributed by atoms with Crippen LogP contribution in [-0.4, -0.2) is 12.4 Å². The van der Waals surface area contributed by atoms with Crippen LogP contribution in [0.1, 0.15) is 25.7 Å². The number of hydrogen-bond donors (Lipinski definition) is 0. The van der Waals surface area contributed by atoms with E-state index in [1.165, 1.54) is 12.1 Å².